The molecule has 0 bridgehead atoms. The molecule has 0 atom stereocenters. The maximum atomic E-state index is 12.5. The van der Waals surface area contributed by atoms with Gasteiger partial charge in [-0.1, -0.05) is 13.8 Å². The van der Waals surface area contributed by atoms with Crippen molar-refractivity contribution in [3.05, 3.63) is 12.2 Å². The molecule has 0 amide bonds. The molecule has 7 heteroatoms. The van der Waals surface area contributed by atoms with Crippen LogP contribution in [0, 0.1) is 5.92 Å². The Kier molecular flexibility index (Phi) is 3.96. The molecule has 4 nitrogen and oxygen atoms in total. The number of alkyl halides is 3. The number of carbonyl (C=O) groups excluding carboxylic acids is 1. The summed E-state index contributed by atoms with van der Waals surface area (Å²) < 4.78 is 26.4. The summed E-state index contributed by atoms with van der Waals surface area (Å²) in [4.78, 5) is 14.8. The zero-order valence-electron chi connectivity index (χ0n) is 8.95. The van der Waals surface area contributed by atoms with E-state index < -0.39 is 17.6 Å². The van der Waals surface area contributed by atoms with Gasteiger partial charge in [-0.25, -0.2) is 9.67 Å². The topological polar surface area (TPSA) is 47.8 Å². The van der Waals surface area contributed by atoms with Crippen LogP contribution in [-0.2, 0) is 17.8 Å². The third kappa shape index (κ3) is 3.52. The monoisotopic (exact) mass is 251 g/mol. The highest BCUT2D eigenvalue weighted by Gasteiger charge is 2.36. The van der Waals surface area contributed by atoms with Crippen LogP contribution in [0.2, 0.25) is 0 Å². The molecule has 0 radical (unpaired) electrons. The standard InChI is InChI=1S/C9H12ClF2N3O/c1-6(2)4-15-8(13-5-14-15)3-7(16)9(10,11)12/h5-6H,3-4H2,1-2H3. The van der Waals surface area contributed by atoms with Crippen LogP contribution in [0.5, 0.6) is 0 Å². The number of nitrogens with zero attached hydrogens (tertiary/aromatic N) is 3. The van der Waals surface area contributed by atoms with Crippen molar-refractivity contribution in [1.29, 1.82) is 0 Å². The van der Waals surface area contributed by atoms with Gasteiger partial charge in [0.15, 0.2) is 0 Å². The van der Waals surface area contributed by atoms with E-state index in [4.69, 9.17) is 0 Å². The van der Waals surface area contributed by atoms with Crippen molar-refractivity contribution >= 4 is 17.4 Å². The van der Waals surface area contributed by atoms with Gasteiger partial charge in [0, 0.05) is 6.54 Å². The third-order valence-electron chi connectivity index (χ3n) is 1.87. The van der Waals surface area contributed by atoms with Crippen LogP contribution in [0.1, 0.15) is 19.7 Å². The predicted octanol–water partition coefficient (Wildman–Crippen LogP) is 1.88. The predicted molar refractivity (Wildman–Crippen MR) is 54.4 cm³/mol. The molecule has 0 aromatic carbocycles. The third-order valence-corrected chi connectivity index (χ3v) is 2.08. The highest BCUT2D eigenvalue weighted by molar-refractivity contribution is 6.32. The first-order valence-corrected chi connectivity index (χ1v) is 5.15. The van der Waals surface area contributed by atoms with E-state index in [1.807, 2.05) is 13.8 Å². The molecule has 16 heavy (non-hydrogen) atoms. The Morgan fingerprint density at radius 3 is 2.75 bits per heavy atom. The van der Waals surface area contributed by atoms with E-state index in [1.54, 1.807) is 0 Å². The lowest BCUT2D eigenvalue weighted by Crippen LogP contribution is -2.25. The van der Waals surface area contributed by atoms with Crippen molar-refractivity contribution in [2.45, 2.75) is 32.2 Å². The molecule has 0 aliphatic heterocycles. The molecule has 0 fully saturated rings. The number of aromatic nitrogens is 3. The van der Waals surface area contributed by atoms with Gasteiger partial charge >= 0.3 is 5.38 Å². The summed E-state index contributed by atoms with van der Waals surface area (Å²) >= 11 is 4.62. The van der Waals surface area contributed by atoms with Crippen molar-refractivity contribution in [3.63, 3.8) is 0 Å². The number of carbonyl (C=O) groups is 1. The molecule has 1 rings (SSSR count). The van der Waals surface area contributed by atoms with Crippen LogP contribution in [-0.4, -0.2) is 25.9 Å². The van der Waals surface area contributed by atoms with Crippen LogP contribution < -0.4 is 0 Å². The zero-order chi connectivity index (χ0) is 12.3. The molecular formula is C9H12ClF2N3O. The number of Topliss-reactive ketones (excluding diaryl/α,β-unsaturated/α-hetero) is 1. The molecular weight excluding hydrogens is 240 g/mol. The minimum Gasteiger partial charge on any atom is -0.291 e. The highest BCUT2D eigenvalue weighted by atomic mass is 35.5. The lowest BCUT2D eigenvalue weighted by Gasteiger charge is -2.09. The van der Waals surface area contributed by atoms with Crippen LogP contribution in [0.4, 0.5) is 8.78 Å². The first kappa shape index (κ1) is 13.0. The molecule has 1 heterocycles. The number of hydrogen-bond acceptors (Lipinski definition) is 3. The Hall–Kier alpha value is -1.04. The van der Waals surface area contributed by atoms with Crippen molar-refractivity contribution in [2.75, 3.05) is 0 Å². The average molecular weight is 252 g/mol. The molecule has 0 saturated heterocycles. The first-order valence-electron chi connectivity index (χ1n) is 4.77. The summed E-state index contributed by atoms with van der Waals surface area (Å²) in [5.74, 6) is -0.877. The SMILES string of the molecule is CC(C)Cn1ncnc1CC(=O)C(F)(F)Cl. The lowest BCUT2D eigenvalue weighted by molar-refractivity contribution is -0.132. The van der Waals surface area contributed by atoms with Crippen LogP contribution >= 0.6 is 11.6 Å². The van der Waals surface area contributed by atoms with Crippen LogP contribution in [0.25, 0.3) is 0 Å². The molecule has 1 aromatic rings. The fourth-order valence-electron chi connectivity index (χ4n) is 1.17. The fourth-order valence-corrected chi connectivity index (χ4v) is 1.23. The Morgan fingerprint density at radius 2 is 2.25 bits per heavy atom. The molecule has 90 valence electrons. The summed E-state index contributed by atoms with van der Waals surface area (Å²) in [6, 6.07) is 0. The number of ketones is 1. The normalized spacial score (nSPS) is 12.1. The van der Waals surface area contributed by atoms with E-state index in [1.165, 1.54) is 11.0 Å². The molecule has 0 N–H and O–H groups in total. The molecule has 0 saturated carbocycles. The van der Waals surface area contributed by atoms with Crippen molar-refractivity contribution in [3.8, 4) is 0 Å². The van der Waals surface area contributed by atoms with Gasteiger partial charge in [0.2, 0.25) is 5.78 Å². The van der Waals surface area contributed by atoms with E-state index >= 15 is 0 Å². The maximum Gasteiger partial charge on any atom is 0.380 e. The van der Waals surface area contributed by atoms with Gasteiger partial charge in [0.05, 0.1) is 6.42 Å². The molecule has 0 unspecified atom stereocenters. The number of hydrogen-bond donors (Lipinski definition) is 0. The second-order valence-corrected chi connectivity index (χ2v) is 4.32. The summed E-state index contributed by atoms with van der Waals surface area (Å²) in [6.07, 6.45) is 0.723. The van der Waals surface area contributed by atoms with E-state index in [9.17, 15) is 13.6 Å². The maximum absolute atomic E-state index is 12.5. The fraction of sp³-hybridized carbons (Fsp3) is 0.667. The number of halogens is 3. The molecule has 0 aliphatic rings. The largest absolute Gasteiger partial charge is 0.380 e. The molecule has 0 spiro atoms. The second kappa shape index (κ2) is 4.86. The van der Waals surface area contributed by atoms with Gasteiger partial charge in [-0.3, -0.25) is 4.79 Å². The second-order valence-electron chi connectivity index (χ2n) is 3.85. The van der Waals surface area contributed by atoms with Gasteiger partial charge in [0.1, 0.15) is 12.2 Å². The smallest absolute Gasteiger partial charge is 0.291 e. The Morgan fingerprint density at radius 1 is 1.62 bits per heavy atom. The molecule has 0 aliphatic carbocycles. The molecule has 1 aromatic heterocycles. The van der Waals surface area contributed by atoms with Gasteiger partial charge < -0.3 is 0 Å². The van der Waals surface area contributed by atoms with Gasteiger partial charge in [0.25, 0.3) is 0 Å². The minimum absolute atomic E-state index is 0.207. The summed E-state index contributed by atoms with van der Waals surface area (Å²) in [7, 11) is 0. The summed E-state index contributed by atoms with van der Waals surface area (Å²) in [5, 5.41) is 0.0181. The van der Waals surface area contributed by atoms with E-state index in [0.29, 0.717) is 6.54 Å². The summed E-state index contributed by atoms with van der Waals surface area (Å²) in [5.41, 5.74) is 0. The van der Waals surface area contributed by atoms with E-state index in [0.717, 1.165) is 0 Å². The first-order chi connectivity index (χ1) is 7.30. The van der Waals surface area contributed by atoms with E-state index in [-0.39, 0.29) is 11.7 Å². The van der Waals surface area contributed by atoms with Gasteiger partial charge in [-0.2, -0.15) is 13.9 Å². The van der Waals surface area contributed by atoms with Crippen molar-refractivity contribution in [1.82, 2.24) is 14.8 Å². The quantitative estimate of drug-likeness (QED) is 0.751. The van der Waals surface area contributed by atoms with Crippen LogP contribution in [0.15, 0.2) is 6.33 Å². The Balaban J connectivity index is 2.74. The average Bonchev–Trinajstić information content (AvgIpc) is 2.50. The summed E-state index contributed by atoms with van der Waals surface area (Å²) in [6.45, 7) is 4.42. The number of rotatable bonds is 5. The minimum atomic E-state index is -3.84. The Bertz CT molecular complexity index is 373. The van der Waals surface area contributed by atoms with Crippen molar-refractivity contribution < 1.29 is 13.6 Å². The van der Waals surface area contributed by atoms with Crippen LogP contribution in [0.3, 0.4) is 0 Å². The lowest BCUT2D eigenvalue weighted by atomic mass is 10.2. The van der Waals surface area contributed by atoms with Gasteiger partial charge in [-0.15, -0.1) is 0 Å². The zero-order valence-corrected chi connectivity index (χ0v) is 9.71. The Labute approximate surface area is 96.6 Å². The van der Waals surface area contributed by atoms with Crippen molar-refractivity contribution in [2.24, 2.45) is 5.92 Å². The van der Waals surface area contributed by atoms with E-state index in [2.05, 4.69) is 21.7 Å². The highest BCUT2D eigenvalue weighted by Crippen LogP contribution is 2.21. The van der Waals surface area contributed by atoms with Gasteiger partial charge in [-0.05, 0) is 17.5 Å².